The average molecular weight is 515 g/mol. The van der Waals surface area contributed by atoms with Gasteiger partial charge in [0.1, 0.15) is 0 Å². The summed E-state index contributed by atoms with van der Waals surface area (Å²) in [5.41, 5.74) is 1.62. The minimum absolute atomic E-state index is 0.502. The summed E-state index contributed by atoms with van der Waals surface area (Å²) < 4.78 is 1.53. The number of rotatable bonds is 5. The van der Waals surface area contributed by atoms with Crippen LogP contribution in [-0.2, 0) is 6.16 Å². The summed E-state index contributed by atoms with van der Waals surface area (Å²) in [5.74, 6) is -3.44. The molecule has 0 saturated heterocycles. The van der Waals surface area contributed by atoms with E-state index in [1.165, 1.54) is 11.3 Å². The van der Waals surface area contributed by atoms with Gasteiger partial charge in [-0.15, -0.1) is 0 Å². The maximum absolute atomic E-state index is 8.14. The molecule has 160 valence electrons. The molecule has 0 atom stereocenters. The van der Waals surface area contributed by atoms with E-state index >= 15 is 0 Å². The second kappa shape index (κ2) is 8.45. The van der Waals surface area contributed by atoms with E-state index in [-0.39, 0.29) is 0 Å². The Bertz CT molecular complexity index is 1290. The Kier molecular flexibility index (Phi) is 5.78. The van der Waals surface area contributed by atoms with Gasteiger partial charge in [-0.1, -0.05) is 0 Å². The Hall–Kier alpha value is -1.93. The number of thiophene rings is 1. The summed E-state index contributed by atoms with van der Waals surface area (Å²) in [6.07, 6.45) is 0.560. The van der Waals surface area contributed by atoms with Crippen molar-refractivity contribution < 1.29 is 0 Å². The van der Waals surface area contributed by atoms with Crippen LogP contribution >= 0.6 is 51.7 Å². The van der Waals surface area contributed by atoms with Crippen LogP contribution in [0.3, 0.4) is 0 Å². The van der Waals surface area contributed by atoms with Gasteiger partial charge in [0, 0.05) is 0 Å². The molecule has 0 unspecified atom stereocenters. The van der Waals surface area contributed by atoms with E-state index in [4.69, 9.17) is 39.4 Å². The SMILES string of the molecule is Clc1sc2ccc(CP(Cl)(c3ccccc3)(c3ccccc3)c3ccccc3)nc2c1Cl. The monoisotopic (exact) mass is 513 g/mol. The molecule has 5 rings (SSSR count). The number of halogens is 3. The third-order valence-electron chi connectivity index (χ3n) is 5.84. The number of aromatic nitrogens is 1. The first kappa shape index (κ1) is 21.9. The Morgan fingerprint density at radius 3 is 1.59 bits per heavy atom. The van der Waals surface area contributed by atoms with E-state index in [1.807, 2.05) is 30.3 Å². The molecule has 0 aliphatic rings. The van der Waals surface area contributed by atoms with Crippen LogP contribution in [0.2, 0.25) is 9.36 Å². The van der Waals surface area contributed by atoms with Gasteiger partial charge in [-0.3, -0.25) is 0 Å². The summed E-state index contributed by atoms with van der Waals surface area (Å²) in [5, 5.41) is 3.82. The molecule has 3 aromatic carbocycles. The van der Waals surface area contributed by atoms with Crippen molar-refractivity contribution in [2.45, 2.75) is 6.16 Å². The molecule has 0 spiro atoms. The topological polar surface area (TPSA) is 12.9 Å². The zero-order valence-corrected chi connectivity index (χ0v) is 20.9. The molecule has 0 saturated carbocycles. The number of hydrogen-bond acceptors (Lipinski definition) is 2. The van der Waals surface area contributed by atoms with Crippen LogP contribution in [0.4, 0.5) is 0 Å². The van der Waals surface area contributed by atoms with Gasteiger partial charge in [-0.2, -0.15) is 0 Å². The molecular formula is C26H19Cl3NPS. The number of hydrogen-bond donors (Lipinski definition) is 0. The van der Waals surface area contributed by atoms with Crippen molar-refractivity contribution in [1.82, 2.24) is 4.98 Å². The van der Waals surface area contributed by atoms with Gasteiger partial charge in [-0.05, 0) is 0 Å². The summed E-state index contributed by atoms with van der Waals surface area (Å²) >= 11 is 22.3. The summed E-state index contributed by atoms with van der Waals surface area (Å²) in [7, 11) is 0. The van der Waals surface area contributed by atoms with E-state index in [1.54, 1.807) is 0 Å². The maximum atomic E-state index is 8.14. The standard InChI is InChI=1S/C26H19Cl3NPS/c27-24-25-23(32-26(24)28)17-16-19(30-25)18-31(29,20-10-4-1-5-11-20,21-12-6-2-7-13-21)22-14-8-3-9-15-22/h1-17H,18H2. The molecule has 0 aliphatic heterocycles. The first-order valence-electron chi connectivity index (χ1n) is 10.1. The van der Waals surface area contributed by atoms with Crippen molar-refractivity contribution in [3.05, 3.63) is 118 Å². The first-order valence-corrected chi connectivity index (χ1v) is 15.0. The van der Waals surface area contributed by atoms with Crippen molar-refractivity contribution in [3.63, 3.8) is 0 Å². The van der Waals surface area contributed by atoms with Crippen LogP contribution in [0.15, 0.2) is 103 Å². The molecular weight excluding hydrogens is 496 g/mol. The van der Waals surface area contributed by atoms with E-state index in [0.29, 0.717) is 15.5 Å². The number of pyridine rings is 1. The van der Waals surface area contributed by atoms with Crippen LogP contribution in [0.1, 0.15) is 5.69 Å². The molecule has 0 fully saturated rings. The fraction of sp³-hybridized carbons (Fsp3) is 0.0385. The quantitative estimate of drug-likeness (QED) is 0.218. The molecule has 0 aliphatic carbocycles. The molecule has 0 radical (unpaired) electrons. The normalized spacial score (nSPS) is 13.0. The Balaban J connectivity index is 1.83. The van der Waals surface area contributed by atoms with Gasteiger partial charge >= 0.3 is 207 Å². The zero-order chi connectivity index (χ0) is 22.2. The van der Waals surface area contributed by atoms with E-state index in [2.05, 4.69) is 72.8 Å². The summed E-state index contributed by atoms with van der Waals surface area (Å²) in [6.45, 7) is 0. The zero-order valence-electron chi connectivity index (χ0n) is 17.0. The molecule has 32 heavy (non-hydrogen) atoms. The van der Waals surface area contributed by atoms with Crippen molar-refractivity contribution in [3.8, 4) is 0 Å². The fourth-order valence-corrected chi connectivity index (χ4v) is 11.7. The summed E-state index contributed by atoms with van der Waals surface area (Å²) in [4.78, 5) is 4.94. The van der Waals surface area contributed by atoms with Gasteiger partial charge in [0.15, 0.2) is 0 Å². The molecule has 1 nitrogen and oxygen atoms in total. The van der Waals surface area contributed by atoms with Crippen molar-refractivity contribution in [2.75, 3.05) is 0 Å². The molecule has 5 aromatic rings. The number of benzene rings is 3. The third-order valence-corrected chi connectivity index (χ3v) is 14.9. The molecule has 2 aromatic heterocycles. The fourth-order valence-electron chi connectivity index (χ4n) is 4.29. The first-order chi connectivity index (χ1) is 15.5. The third kappa shape index (κ3) is 3.46. The van der Waals surface area contributed by atoms with Crippen molar-refractivity contribution in [1.29, 1.82) is 0 Å². The van der Waals surface area contributed by atoms with Gasteiger partial charge in [0.05, 0.1) is 0 Å². The summed E-state index contributed by atoms with van der Waals surface area (Å²) in [6, 6.07) is 35.3. The Morgan fingerprint density at radius 2 is 1.12 bits per heavy atom. The Labute approximate surface area is 206 Å². The number of fused-ring (bicyclic) bond motifs is 1. The minimum atomic E-state index is -3.44. The predicted octanol–water partition coefficient (Wildman–Crippen LogP) is 7.79. The molecule has 0 amide bonds. The second-order valence-corrected chi connectivity index (χ2v) is 16.2. The van der Waals surface area contributed by atoms with Gasteiger partial charge in [0.2, 0.25) is 0 Å². The second-order valence-electron chi connectivity index (χ2n) is 7.69. The van der Waals surface area contributed by atoms with Crippen LogP contribution in [0, 0.1) is 0 Å². The molecule has 6 heteroatoms. The van der Waals surface area contributed by atoms with Gasteiger partial charge < -0.3 is 0 Å². The van der Waals surface area contributed by atoms with Crippen LogP contribution in [-0.4, -0.2) is 4.98 Å². The molecule has 0 N–H and O–H groups in total. The predicted molar refractivity (Wildman–Crippen MR) is 144 cm³/mol. The number of nitrogens with zero attached hydrogens (tertiary/aromatic N) is 1. The van der Waals surface area contributed by atoms with E-state index in [9.17, 15) is 0 Å². The van der Waals surface area contributed by atoms with Crippen LogP contribution in [0.5, 0.6) is 0 Å². The van der Waals surface area contributed by atoms with Gasteiger partial charge in [0.25, 0.3) is 0 Å². The van der Waals surface area contributed by atoms with Crippen molar-refractivity contribution >= 4 is 77.9 Å². The van der Waals surface area contributed by atoms with Crippen molar-refractivity contribution in [2.24, 2.45) is 0 Å². The molecule has 2 heterocycles. The molecule has 0 bridgehead atoms. The Morgan fingerprint density at radius 1 is 0.656 bits per heavy atom. The van der Waals surface area contributed by atoms with Gasteiger partial charge in [-0.25, -0.2) is 0 Å². The van der Waals surface area contributed by atoms with E-state index in [0.717, 1.165) is 31.8 Å². The van der Waals surface area contributed by atoms with Crippen LogP contribution < -0.4 is 15.9 Å². The average Bonchev–Trinajstić information content (AvgIpc) is 3.14. The van der Waals surface area contributed by atoms with Crippen LogP contribution in [0.25, 0.3) is 10.2 Å². The van der Waals surface area contributed by atoms with E-state index < -0.39 is 5.96 Å².